The van der Waals surface area contributed by atoms with Crippen LogP contribution >= 0.6 is 0 Å². The number of nitrogens with zero attached hydrogens (tertiary/aromatic N) is 7. The fourth-order valence-corrected chi connectivity index (χ4v) is 7.86. The highest BCUT2D eigenvalue weighted by molar-refractivity contribution is 6.04. The number of rotatable bonds is 8. The van der Waals surface area contributed by atoms with Gasteiger partial charge in [0, 0.05) is 62.1 Å². The van der Waals surface area contributed by atoms with Gasteiger partial charge in [-0.05, 0) is 101 Å². The normalized spacial score (nSPS) is 19.2. The minimum Gasteiger partial charge on any atom is -0.496 e. The number of carbonyl (C=O) groups is 1. The molecule has 1 amide bonds. The Morgan fingerprint density at radius 2 is 1.83 bits per heavy atom. The molecule has 0 bridgehead atoms. The van der Waals surface area contributed by atoms with Crippen LogP contribution in [0.1, 0.15) is 49.9 Å². The summed E-state index contributed by atoms with van der Waals surface area (Å²) in [4.78, 5) is 34.7. The van der Waals surface area contributed by atoms with Gasteiger partial charge in [-0.2, -0.15) is 0 Å². The fourth-order valence-electron chi connectivity index (χ4n) is 7.86. The van der Waals surface area contributed by atoms with Crippen molar-refractivity contribution in [2.45, 2.75) is 57.7 Å². The second kappa shape index (κ2) is 12.5. The van der Waals surface area contributed by atoms with Gasteiger partial charge in [0.05, 0.1) is 41.5 Å². The van der Waals surface area contributed by atoms with Crippen molar-refractivity contribution in [3.63, 3.8) is 0 Å². The number of ether oxygens (including phenoxy) is 1. The van der Waals surface area contributed by atoms with Gasteiger partial charge in [-0.3, -0.25) is 20.1 Å². The van der Waals surface area contributed by atoms with Crippen LogP contribution in [0, 0.1) is 5.41 Å². The van der Waals surface area contributed by atoms with Crippen molar-refractivity contribution in [2.75, 3.05) is 63.6 Å². The van der Waals surface area contributed by atoms with Gasteiger partial charge in [0.1, 0.15) is 5.75 Å². The van der Waals surface area contributed by atoms with Crippen LogP contribution in [0.5, 0.6) is 5.75 Å². The number of aromatic nitrogens is 4. The van der Waals surface area contributed by atoms with Crippen LogP contribution in [0.2, 0.25) is 0 Å². The van der Waals surface area contributed by atoms with Crippen molar-refractivity contribution in [2.24, 2.45) is 5.41 Å². The maximum atomic E-state index is 13.6. The van der Waals surface area contributed by atoms with Crippen LogP contribution < -0.4 is 15.0 Å². The first-order chi connectivity index (χ1) is 22.6. The van der Waals surface area contributed by atoms with Crippen molar-refractivity contribution >= 4 is 28.6 Å². The SMILES string of the molecule is COc1ccncc1-c1cc(C(=O)Nc2nc3ccc(N4CCC(N5CCC6(CC5)CN(C)C6)CC4)cc3n2CC(C)(C)O)ccn1. The predicted octanol–water partition coefficient (Wildman–Crippen LogP) is 4.52. The summed E-state index contributed by atoms with van der Waals surface area (Å²) in [5.74, 6) is 0.693. The molecule has 1 aromatic carbocycles. The van der Waals surface area contributed by atoms with Gasteiger partial charge in [0.2, 0.25) is 5.95 Å². The van der Waals surface area contributed by atoms with Crippen molar-refractivity contribution in [3.8, 4) is 17.0 Å². The van der Waals surface area contributed by atoms with Crippen molar-refractivity contribution in [1.29, 1.82) is 0 Å². The molecule has 3 saturated heterocycles. The van der Waals surface area contributed by atoms with Crippen molar-refractivity contribution in [3.05, 3.63) is 60.6 Å². The van der Waals surface area contributed by atoms with Gasteiger partial charge in [-0.25, -0.2) is 4.98 Å². The zero-order chi connectivity index (χ0) is 32.8. The number of aliphatic hydroxyl groups is 1. The van der Waals surface area contributed by atoms with E-state index in [1.165, 1.54) is 39.0 Å². The van der Waals surface area contributed by atoms with Crippen LogP contribution in [0.3, 0.4) is 0 Å². The molecule has 0 aliphatic carbocycles. The lowest BCUT2D eigenvalue weighted by Gasteiger charge is -2.54. The Morgan fingerprint density at radius 3 is 2.53 bits per heavy atom. The molecule has 0 atom stereocenters. The lowest BCUT2D eigenvalue weighted by atomic mass is 9.72. The second-order valence-electron chi connectivity index (χ2n) is 14.4. The van der Waals surface area contributed by atoms with Gasteiger partial charge >= 0.3 is 0 Å². The van der Waals surface area contributed by atoms with Crippen molar-refractivity contribution < 1.29 is 14.6 Å². The Balaban J connectivity index is 1.08. The van der Waals surface area contributed by atoms with E-state index in [1.807, 2.05) is 10.6 Å². The lowest BCUT2D eigenvalue weighted by Crippen LogP contribution is -2.60. The Kier molecular flexibility index (Phi) is 8.40. The van der Waals surface area contributed by atoms with E-state index in [-0.39, 0.29) is 12.5 Å². The quantitative estimate of drug-likeness (QED) is 0.288. The molecule has 248 valence electrons. The third-order valence-corrected chi connectivity index (χ3v) is 10.2. The molecule has 47 heavy (non-hydrogen) atoms. The molecule has 0 unspecified atom stereocenters. The third-order valence-electron chi connectivity index (χ3n) is 10.2. The molecular formula is C36H46N8O3. The number of carbonyl (C=O) groups excluding carboxylic acids is 1. The van der Waals surface area contributed by atoms with Gasteiger partial charge in [-0.15, -0.1) is 0 Å². The van der Waals surface area contributed by atoms with E-state index >= 15 is 0 Å². The summed E-state index contributed by atoms with van der Waals surface area (Å²) in [6.07, 6.45) is 9.91. The maximum absolute atomic E-state index is 13.6. The minimum atomic E-state index is -1.02. The number of methoxy groups -OCH3 is 1. The molecule has 11 nitrogen and oxygen atoms in total. The van der Waals surface area contributed by atoms with Gasteiger partial charge in [0.15, 0.2) is 0 Å². The number of benzene rings is 1. The van der Waals surface area contributed by atoms with E-state index in [4.69, 9.17) is 9.72 Å². The Morgan fingerprint density at radius 1 is 1.06 bits per heavy atom. The van der Waals surface area contributed by atoms with E-state index in [0.717, 1.165) is 42.7 Å². The summed E-state index contributed by atoms with van der Waals surface area (Å²) in [7, 11) is 3.83. The van der Waals surface area contributed by atoms with E-state index in [0.29, 0.717) is 40.0 Å². The summed E-state index contributed by atoms with van der Waals surface area (Å²) in [5.41, 5.74) is 4.05. The first kappa shape index (κ1) is 31.5. The highest BCUT2D eigenvalue weighted by atomic mass is 16.5. The molecular weight excluding hydrogens is 592 g/mol. The molecule has 3 aromatic heterocycles. The Labute approximate surface area is 276 Å². The molecule has 3 aliphatic heterocycles. The zero-order valence-electron chi connectivity index (χ0n) is 27.9. The van der Waals surface area contributed by atoms with Crippen molar-refractivity contribution in [1.82, 2.24) is 29.3 Å². The first-order valence-corrected chi connectivity index (χ1v) is 16.8. The van der Waals surface area contributed by atoms with Gasteiger partial charge in [-0.1, -0.05) is 0 Å². The molecule has 3 fully saturated rings. The number of hydrogen-bond acceptors (Lipinski definition) is 9. The van der Waals surface area contributed by atoms with E-state index in [2.05, 4.69) is 49.2 Å². The number of pyridine rings is 2. The average Bonchev–Trinajstić information content (AvgIpc) is 3.39. The number of fused-ring (bicyclic) bond motifs is 1. The molecule has 2 N–H and O–H groups in total. The maximum Gasteiger partial charge on any atom is 0.258 e. The zero-order valence-corrected chi connectivity index (χ0v) is 27.9. The number of amides is 1. The number of likely N-dealkylation sites (tertiary alicyclic amines) is 2. The lowest BCUT2D eigenvalue weighted by molar-refractivity contribution is -0.0419. The molecule has 0 saturated carbocycles. The summed E-state index contributed by atoms with van der Waals surface area (Å²) in [6, 6.07) is 12.1. The summed E-state index contributed by atoms with van der Waals surface area (Å²) < 4.78 is 7.38. The Hall–Kier alpha value is -4.06. The standard InChI is InChI=1S/C36H46N8O3/c1-35(2,46)22-44-31-20-27(42-15-9-26(10-16-42)43-17-11-36(12-18-43)23-41(3)24-36)5-6-29(31)39-34(44)40-33(45)25-7-14-38-30(19-25)28-21-37-13-8-32(28)47-4/h5-8,13-14,19-21,26,46H,9-12,15-18,22-24H2,1-4H3,(H,39,40,45). The monoisotopic (exact) mass is 638 g/mol. The number of imidazole rings is 1. The molecule has 7 rings (SSSR count). The smallest absolute Gasteiger partial charge is 0.258 e. The van der Waals surface area contributed by atoms with E-state index in [9.17, 15) is 9.90 Å². The summed E-state index contributed by atoms with van der Waals surface area (Å²) in [5, 5.41) is 13.9. The Bertz CT molecular complexity index is 1740. The molecule has 3 aliphatic rings. The third kappa shape index (κ3) is 6.57. The average molecular weight is 639 g/mol. The number of nitrogens with one attached hydrogen (secondary N) is 1. The molecule has 6 heterocycles. The minimum absolute atomic E-state index is 0.269. The molecule has 11 heteroatoms. The first-order valence-electron chi connectivity index (χ1n) is 16.8. The van der Waals surface area contributed by atoms with Crippen LogP contribution in [-0.4, -0.2) is 105 Å². The van der Waals surface area contributed by atoms with Gasteiger partial charge in [0.25, 0.3) is 5.91 Å². The van der Waals surface area contributed by atoms with Crippen LogP contribution in [0.15, 0.2) is 55.0 Å². The van der Waals surface area contributed by atoms with E-state index < -0.39 is 5.60 Å². The summed E-state index contributed by atoms with van der Waals surface area (Å²) >= 11 is 0. The van der Waals surface area contributed by atoms with Crippen LogP contribution in [-0.2, 0) is 6.54 Å². The number of piperidine rings is 2. The second-order valence-corrected chi connectivity index (χ2v) is 14.4. The largest absolute Gasteiger partial charge is 0.496 e. The predicted molar refractivity (Wildman–Crippen MR) is 184 cm³/mol. The van der Waals surface area contributed by atoms with Crippen LogP contribution in [0.25, 0.3) is 22.3 Å². The fraction of sp³-hybridized carbons (Fsp3) is 0.500. The van der Waals surface area contributed by atoms with E-state index in [1.54, 1.807) is 57.7 Å². The highest BCUT2D eigenvalue weighted by Crippen LogP contribution is 2.40. The highest BCUT2D eigenvalue weighted by Gasteiger charge is 2.44. The van der Waals surface area contributed by atoms with Crippen LogP contribution in [0.4, 0.5) is 11.6 Å². The number of hydrogen-bond donors (Lipinski definition) is 2. The molecule has 4 aromatic rings. The topological polar surface area (TPSA) is 112 Å². The molecule has 0 radical (unpaired) electrons. The molecule has 1 spiro atoms. The number of anilines is 2. The summed E-state index contributed by atoms with van der Waals surface area (Å²) in [6.45, 7) is 10.8. The van der Waals surface area contributed by atoms with Gasteiger partial charge < -0.3 is 29.1 Å².